The fourth-order valence-electron chi connectivity index (χ4n) is 4.90. The average molecular weight is 475 g/mol. The molecule has 9 heteroatoms. The Morgan fingerprint density at radius 3 is 2.71 bits per heavy atom. The maximum Gasteiger partial charge on any atom is 0.251 e. The summed E-state index contributed by atoms with van der Waals surface area (Å²) in [5.74, 6) is 0.632. The molecule has 9 nitrogen and oxygen atoms in total. The largest absolute Gasteiger partial charge is 0.494 e. The van der Waals surface area contributed by atoms with E-state index < -0.39 is 6.10 Å². The van der Waals surface area contributed by atoms with E-state index in [9.17, 15) is 4.79 Å². The van der Waals surface area contributed by atoms with Gasteiger partial charge >= 0.3 is 0 Å². The van der Waals surface area contributed by atoms with Gasteiger partial charge in [0.2, 0.25) is 0 Å². The van der Waals surface area contributed by atoms with Crippen LogP contribution in [0.4, 0.5) is 0 Å². The third-order valence-electron chi connectivity index (χ3n) is 6.67. The number of hydrogen-bond donors (Lipinski definition) is 3. The van der Waals surface area contributed by atoms with Gasteiger partial charge in [-0.15, -0.1) is 0 Å². The summed E-state index contributed by atoms with van der Waals surface area (Å²) in [6.45, 7) is 3.16. The molecule has 1 amide bonds. The third kappa shape index (κ3) is 4.51. The van der Waals surface area contributed by atoms with Crippen LogP contribution in [0.5, 0.6) is 5.75 Å². The molecule has 4 heterocycles. The van der Waals surface area contributed by atoms with E-state index in [2.05, 4.69) is 38.6 Å². The van der Waals surface area contributed by atoms with Crippen LogP contribution in [0.25, 0.3) is 33.5 Å². The molecule has 2 aliphatic rings. The smallest absolute Gasteiger partial charge is 0.251 e. The van der Waals surface area contributed by atoms with Crippen molar-refractivity contribution in [1.29, 1.82) is 0 Å². The fourth-order valence-corrected chi connectivity index (χ4v) is 4.90. The number of ether oxygens (including phenoxy) is 1. The minimum atomic E-state index is -0.821. The van der Waals surface area contributed by atoms with E-state index in [-0.39, 0.29) is 5.91 Å². The highest BCUT2D eigenvalue weighted by atomic mass is 16.5. The third-order valence-corrected chi connectivity index (χ3v) is 6.67. The summed E-state index contributed by atoms with van der Waals surface area (Å²) >= 11 is 0. The molecule has 1 fully saturated rings. The number of carbonyl (C=O) groups excluding carboxylic acids is 1. The van der Waals surface area contributed by atoms with Gasteiger partial charge in [0.25, 0.3) is 5.91 Å². The molecular weight excluding hydrogens is 444 g/mol. The van der Waals surface area contributed by atoms with E-state index >= 15 is 0 Å². The maximum atomic E-state index is 11.0. The zero-order chi connectivity index (χ0) is 24.4. The predicted molar refractivity (Wildman–Crippen MR) is 133 cm³/mol. The van der Waals surface area contributed by atoms with E-state index in [1.807, 2.05) is 12.3 Å². The molecule has 0 saturated carbocycles. The molecule has 4 aromatic rings. The van der Waals surface area contributed by atoms with Crippen LogP contribution in [-0.2, 0) is 17.6 Å². The van der Waals surface area contributed by atoms with Gasteiger partial charge in [-0.3, -0.25) is 15.0 Å². The Morgan fingerprint density at radius 2 is 2.00 bits per heavy atom. The van der Waals surface area contributed by atoms with E-state index in [4.69, 9.17) is 14.8 Å². The normalized spacial score (nSPS) is 15.6. The van der Waals surface area contributed by atoms with Crippen molar-refractivity contribution < 1.29 is 14.6 Å². The molecule has 3 N–H and O–H groups in total. The number of methoxy groups -OCH3 is 1. The number of nitrogens with one attached hydrogen (secondary N) is 2. The SMILES string of the molecule is CC(O)C(=O)N1CCCC1.COc1cc2[nH]nc(-c3cn[nH]c3)c2nc1-c1cccc2c1CCC2. The van der Waals surface area contributed by atoms with Crippen molar-refractivity contribution in [2.24, 2.45) is 0 Å². The number of pyridine rings is 1. The lowest BCUT2D eigenvalue weighted by atomic mass is 9.99. The Bertz CT molecular complexity index is 1320. The standard InChI is InChI=1S/C19H17N5O.C7H13NO2/c1-25-16-8-15-19(17(24-23-15)12-9-20-21-10-12)22-18(16)14-7-3-5-11-4-2-6-13(11)14;1-6(9)7(10)8-4-2-3-5-8/h3,5,7-10H,2,4,6H2,1H3,(H,20,21)(H,23,24);6,9H,2-5H2,1H3. The molecule has 0 spiro atoms. The zero-order valence-corrected chi connectivity index (χ0v) is 20.0. The van der Waals surface area contributed by atoms with Crippen molar-refractivity contribution in [3.8, 4) is 28.3 Å². The van der Waals surface area contributed by atoms with Crippen LogP contribution in [0.3, 0.4) is 0 Å². The zero-order valence-electron chi connectivity index (χ0n) is 20.0. The lowest BCUT2D eigenvalue weighted by Gasteiger charge is -2.16. The number of H-pyrrole nitrogens is 2. The number of fused-ring (bicyclic) bond motifs is 2. The van der Waals surface area contributed by atoms with Gasteiger partial charge in [0.1, 0.15) is 28.8 Å². The predicted octanol–water partition coefficient (Wildman–Crippen LogP) is 3.50. The molecule has 1 atom stereocenters. The number of rotatable bonds is 4. The van der Waals surface area contributed by atoms with Crippen LogP contribution in [-0.4, -0.2) is 67.6 Å². The lowest BCUT2D eigenvalue weighted by molar-refractivity contribution is -0.138. The van der Waals surface area contributed by atoms with Crippen LogP contribution in [0.2, 0.25) is 0 Å². The van der Waals surface area contributed by atoms with Crippen molar-refractivity contribution in [2.75, 3.05) is 20.2 Å². The number of nitrogens with zero attached hydrogens (tertiary/aromatic N) is 4. The Hall–Kier alpha value is -3.72. The molecule has 1 aliphatic carbocycles. The van der Waals surface area contributed by atoms with Gasteiger partial charge in [-0.2, -0.15) is 10.2 Å². The quantitative estimate of drug-likeness (QED) is 0.416. The monoisotopic (exact) mass is 474 g/mol. The van der Waals surface area contributed by atoms with E-state index in [1.54, 1.807) is 18.2 Å². The number of aliphatic hydroxyl groups excluding tert-OH is 1. The Morgan fingerprint density at radius 1 is 1.17 bits per heavy atom. The fraction of sp³-hybridized carbons (Fsp3) is 0.385. The number of carbonyl (C=O) groups is 1. The van der Waals surface area contributed by atoms with E-state index in [0.29, 0.717) is 0 Å². The molecule has 1 aliphatic heterocycles. The number of aryl methyl sites for hydroxylation is 1. The van der Waals surface area contributed by atoms with Crippen LogP contribution in [0.1, 0.15) is 37.3 Å². The van der Waals surface area contributed by atoms with Crippen LogP contribution < -0.4 is 4.74 Å². The molecule has 1 aromatic carbocycles. The molecule has 1 unspecified atom stereocenters. The van der Waals surface area contributed by atoms with Crippen molar-refractivity contribution >= 4 is 16.9 Å². The number of benzene rings is 1. The summed E-state index contributed by atoms with van der Waals surface area (Å²) in [6.07, 6.45) is 8.34. The van der Waals surface area contributed by atoms with Crippen LogP contribution in [0, 0.1) is 0 Å². The highest BCUT2D eigenvalue weighted by molar-refractivity contribution is 5.92. The molecule has 3 aromatic heterocycles. The highest BCUT2D eigenvalue weighted by Gasteiger charge is 2.22. The van der Waals surface area contributed by atoms with Crippen molar-refractivity contribution in [3.05, 3.63) is 47.8 Å². The number of aromatic nitrogens is 5. The summed E-state index contributed by atoms with van der Waals surface area (Å²) in [7, 11) is 1.68. The van der Waals surface area contributed by atoms with Crippen molar-refractivity contribution in [2.45, 2.75) is 45.1 Å². The van der Waals surface area contributed by atoms with Gasteiger partial charge in [-0.05, 0) is 50.2 Å². The molecule has 0 bridgehead atoms. The van der Waals surface area contributed by atoms with Crippen molar-refractivity contribution in [3.63, 3.8) is 0 Å². The van der Waals surface area contributed by atoms with Gasteiger partial charge in [-0.1, -0.05) is 18.2 Å². The summed E-state index contributed by atoms with van der Waals surface area (Å²) in [6, 6.07) is 8.43. The molecule has 1 saturated heterocycles. The first-order valence-corrected chi connectivity index (χ1v) is 12.1. The Balaban J connectivity index is 0.000000214. The van der Waals surface area contributed by atoms with Gasteiger partial charge < -0.3 is 14.7 Å². The molecule has 182 valence electrons. The Labute approximate surface area is 203 Å². The van der Waals surface area contributed by atoms with Crippen molar-refractivity contribution in [1.82, 2.24) is 30.3 Å². The summed E-state index contributed by atoms with van der Waals surface area (Å²) in [4.78, 5) is 17.7. The van der Waals surface area contributed by atoms with Gasteiger partial charge in [0, 0.05) is 36.5 Å². The molecule has 6 rings (SSSR count). The summed E-state index contributed by atoms with van der Waals surface area (Å²) in [5.41, 5.74) is 8.23. The summed E-state index contributed by atoms with van der Waals surface area (Å²) < 4.78 is 5.64. The lowest BCUT2D eigenvalue weighted by Crippen LogP contribution is -2.35. The number of amides is 1. The first-order valence-electron chi connectivity index (χ1n) is 12.1. The van der Waals surface area contributed by atoms with Gasteiger partial charge in [0.15, 0.2) is 0 Å². The second-order valence-electron chi connectivity index (χ2n) is 9.00. The average Bonchev–Trinajstić information content (AvgIpc) is 3.69. The molecule has 0 radical (unpaired) electrons. The van der Waals surface area contributed by atoms with Crippen LogP contribution >= 0.6 is 0 Å². The number of hydrogen-bond acceptors (Lipinski definition) is 6. The summed E-state index contributed by atoms with van der Waals surface area (Å²) in [5, 5.41) is 23.2. The first-order chi connectivity index (χ1) is 17.1. The van der Waals surface area contributed by atoms with Crippen LogP contribution in [0.15, 0.2) is 36.7 Å². The second kappa shape index (κ2) is 9.87. The minimum absolute atomic E-state index is 0.127. The first kappa shape index (κ1) is 23.0. The number of aromatic amines is 2. The van der Waals surface area contributed by atoms with E-state index in [1.165, 1.54) is 24.5 Å². The van der Waals surface area contributed by atoms with Gasteiger partial charge in [0.05, 0.1) is 18.8 Å². The molecule has 35 heavy (non-hydrogen) atoms. The Kier molecular flexibility index (Phi) is 6.50. The van der Waals surface area contributed by atoms with Gasteiger partial charge in [-0.25, -0.2) is 4.98 Å². The minimum Gasteiger partial charge on any atom is -0.494 e. The second-order valence-corrected chi connectivity index (χ2v) is 9.00. The number of aliphatic hydroxyl groups is 1. The number of likely N-dealkylation sites (tertiary alicyclic amines) is 1. The van der Waals surface area contributed by atoms with E-state index in [0.717, 1.165) is 78.1 Å². The topological polar surface area (TPSA) is 120 Å². The highest BCUT2D eigenvalue weighted by Crippen LogP contribution is 2.38. The maximum absolute atomic E-state index is 11.0. The molecular formula is C26H30N6O3.